The van der Waals surface area contributed by atoms with E-state index in [9.17, 15) is 0 Å². The summed E-state index contributed by atoms with van der Waals surface area (Å²) in [5.74, 6) is 0.762. The van der Waals surface area contributed by atoms with Crippen LogP contribution in [0.1, 0.15) is 43.6 Å². The lowest BCUT2D eigenvalue weighted by atomic mass is 10.1. The van der Waals surface area contributed by atoms with Crippen LogP contribution in [0.3, 0.4) is 0 Å². The number of hydrogen-bond donors (Lipinski definition) is 2. The van der Waals surface area contributed by atoms with Crippen LogP contribution in [0.2, 0.25) is 0 Å². The molecule has 0 radical (unpaired) electrons. The predicted molar refractivity (Wildman–Crippen MR) is 75.8 cm³/mol. The highest BCUT2D eigenvalue weighted by Gasteiger charge is 2.37. The Morgan fingerprint density at radius 3 is 2.44 bits per heavy atom. The summed E-state index contributed by atoms with van der Waals surface area (Å²) in [6.07, 6.45) is 6.92. The van der Waals surface area contributed by atoms with Crippen molar-refractivity contribution < 1.29 is 0 Å². The molecule has 2 nitrogen and oxygen atoms in total. The molecule has 2 fully saturated rings. The van der Waals surface area contributed by atoms with Gasteiger partial charge in [0.2, 0.25) is 0 Å². The van der Waals surface area contributed by atoms with Gasteiger partial charge in [0.05, 0.1) is 0 Å². The molecule has 0 spiro atoms. The van der Waals surface area contributed by atoms with Crippen LogP contribution in [-0.2, 0) is 0 Å². The van der Waals surface area contributed by atoms with Crippen LogP contribution in [-0.4, -0.2) is 25.2 Å². The minimum absolute atomic E-state index is 0.720. The van der Waals surface area contributed by atoms with E-state index in [-0.39, 0.29) is 0 Å². The van der Waals surface area contributed by atoms with Gasteiger partial charge in [0.15, 0.2) is 0 Å². The standard InChI is InChI=1S/C16H24N2/c1-2-6-13(7-3-1)15-12-16(15)18-11-10-17-14-8-4-5-9-14/h1-3,6-7,14-18H,4-5,8-12H2. The van der Waals surface area contributed by atoms with Crippen LogP contribution >= 0.6 is 0 Å². The van der Waals surface area contributed by atoms with Gasteiger partial charge in [-0.15, -0.1) is 0 Å². The van der Waals surface area contributed by atoms with Crippen molar-refractivity contribution in [2.24, 2.45) is 0 Å². The van der Waals surface area contributed by atoms with Crippen molar-refractivity contribution >= 4 is 0 Å². The molecular weight excluding hydrogens is 220 g/mol. The average Bonchev–Trinajstić information content (AvgIpc) is 3.01. The summed E-state index contributed by atoms with van der Waals surface area (Å²) in [5, 5.41) is 7.32. The number of benzene rings is 1. The second-order valence-corrected chi connectivity index (χ2v) is 5.75. The largest absolute Gasteiger partial charge is 0.313 e. The Hall–Kier alpha value is -0.860. The summed E-state index contributed by atoms with van der Waals surface area (Å²) in [4.78, 5) is 0. The molecule has 0 saturated heterocycles. The SMILES string of the molecule is c1ccc(C2CC2NCCNC2CCCC2)cc1. The van der Waals surface area contributed by atoms with Gasteiger partial charge in [0, 0.05) is 31.1 Å². The molecule has 2 atom stereocenters. The zero-order valence-corrected chi connectivity index (χ0v) is 11.1. The topological polar surface area (TPSA) is 24.1 Å². The van der Waals surface area contributed by atoms with Gasteiger partial charge in [0.25, 0.3) is 0 Å². The summed E-state index contributed by atoms with van der Waals surface area (Å²) in [7, 11) is 0. The Morgan fingerprint density at radius 2 is 1.67 bits per heavy atom. The minimum atomic E-state index is 0.720. The molecule has 0 bridgehead atoms. The Balaban J connectivity index is 1.31. The van der Waals surface area contributed by atoms with E-state index in [1.807, 2.05) is 0 Å². The predicted octanol–water partition coefficient (Wildman–Crippen LogP) is 2.66. The summed E-state index contributed by atoms with van der Waals surface area (Å²) in [6, 6.07) is 12.4. The minimum Gasteiger partial charge on any atom is -0.313 e. The van der Waals surface area contributed by atoms with Crippen molar-refractivity contribution in [3.63, 3.8) is 0 Å². The van der Waals surface area contributed by atoms with Crippen LogP contribution in [0.4, 0.5) is 0 Å². The van der Waals surface area contributed by atoms with Crippen LogP contribution in [0.5, 0.6) is 0 Å². The first-order chi connectivity index (χ1) is 8.93. The fourth-order valence-corrected chi connectivity index (χ4v) is 3.15. The lowest BCUT2D eigenvalue weighted by molar-refractivity contribution is 0.507. The maximum absolute atomic E-state index is 3.67. The fraction of sp³-hybridized carbons (Fsp3) is 0.625. The van der Waals surface area contributed by atoms with E-state index in [1.165, 1.54) is 37.7 Å². The number of hydrogen-bond acceptors (Lipinski definition) is 2. The van der Waals surface area contributed by atoms with Crippen molar-refractivity contribution in [1.82, 2.24) is 10.6 Å². The van der Waals surface area contributed by atoms with Crippen molar-refractivity contribution in [2.45, 2.75) is 50.1 Å². The van der Waals surface area contributed by atoms with E-state index >= 15 is 0 Å². The van der Waals surface area contributed by atoms with Crippen molar-refractivity contribution in [1.29, 1.82) is 0 Å². The maximum Gasteiger partial charge on any atom is 0.0143 e. The molecule has 0 amide bonds. The Morgan fingerprint density at radius 1 is 0.944 bits per heavy atom. The molecule has 18 heavy (non-hydrogen) atoms. The summed E-state index contributed by atoms with van der Waals surface area (Å²) in [5.41, 5.74) is 1.50. The van der Waals surface area contributed by atoms with E-state index in [4.69, 9.17) is 0 Å². The molecule has 0 aliphatic heterocycles. The molecule has 2 N–H and O–H groups in total. The number of nitrogens with one attached hydrogen (secondary N) is 2. The normalized spacial score (nSPS) is 27.6. The molecule has 2 heteroatoms. The average molecular weight is 244 g/mol. The third kappa shape index (κ3) is 3.12. The molecular formula is C16H24N2. The molecule has 1 aromatic carbocycles. The third-order valence-electron chi connectivity index (χ3n) is 4.34. The summed E-state index contributed by atoms with van der Waals surface area (Å²) < 4.78 is 0. The monoisotopic (exact) mass is 244 g/mol. The van der Waals surface area contributed by atoms with E-state index < -0.39 is 0 Å². The Kier molecular flexibility index (Phi) is 3.96. The molecule has 0 aromatic heterocycles. The van der Waals surface area contributed by atoms with Crippen LogP contribution in [0, 0.1) is 0 Å². The van der Waals surface area contributed by atoms with Gasteiger partial charge in [-0.2, -0.15) is 0 Å². The lowest BCUT2D eigenvalue weighted by Gasteiger charge is -2.12. The lowest BCUT2D eigenvalue weighted by Crippen LogP contribution is -2.34. The molecule has 2 unspecified atom stereocenters. The number of rotatable bonds is 6. The van der Waals surface area contributed by atoms with Crippen molar-refractivity contribution in [3.8, 4) is 0 Å². The molecule has 2 saturated carbocycles. The van der Waals surface area contributed by atoms with Crippen molar-refractivity contribution in [3.05, 3.63) is 35.9 Å². The van der Waals surface area contributed by atoms with Crippen LogP contribution in [0.15, 0.2) is 30.3 Å². The first-order valence-corrected chi connectivity index (χ1v) is 7.45. The van der Waals surface area contributed by atoms with E-state index in [1.54, 1.807) is 0 Å². The molecule has 2 aliphatic rings. The quantitative estimate of drug-likeness (QED) is 0.752. The fourth-order valence-electron chi connectivity index (χ4n) is 3.15. The van der Waals surface area contributed by atoms with Crippen molar-refractivity contribution in [2.75, 3.05) is 13.1 Å². The first kappa shape index (κ1) is 12.2. The van der Waals surface area contributed by atoms with Crippen LogP contribution < -0.4 is 10.6 Å². The molecule has 0 heterocycles. The van der Waals surface area contributed by atoms with Gasteiger partial charge in [-0.25, -0.2) is 0 Å². The molecule has 1 aromatic rings. The third-order valence-corrected chi connectivity index (χ3v) is 4.34. The van der Waals surface area contributed by atoms with Gasteiger partial charge < -0.3 is 10.6 Å². The van der Waals surface area contributed by atoms with E-state index in [0.29, 0.717) is 0 Å². The second-order valence-electron chi connectivity index (χ2n) is 5.75. The first-order valence-electron chi connectivity index (χ1n) is 7.45. The zero-order valence-electron chi connectivity index (χ0n) is 11.1. The highest BCUT2D eigenvalue weighted by Crippen LogP contribution is 2.40. The zero-order chi connectivity index (χ0) is 12.2. The van der Waals surface area contributed by atoms with Gasteiger partial charge in [-0.3, -0.25) is 0 Å². The highest BCUT2D eigenvalue weighted by atomic mass is 15.0. The summed E-state index contributed by atoms with van der Waals surface area (Å²) >= 11 is 0. The van der Waals surface area contributed by atoms with Gasteiger partial charge in [-0.1, -0.05) is 43.2 Å². The maximum atomic E-state index is 3.67. The molecule has 3 rings (SSSR count). The van der Waals surface area contributed by atoms with Gasteiger partial charge >= 0.3 is 0 Å². The second kappa shape index (κ2) is 5.85. The summed E-state index contributed by atoms with van der Waals surface area (Å²) in [6.45, 7) is 2.24. The molecule has 98 valence electrons. The Labute approximate surface area is 110 Å². The van der Waals surface area contributed by atoms with E-state index in [2.05, 4.69) is 41.0 Å². The highest BCUT2D eigenvalue weighted by molar-refractivity contribution is 5.27. The smallest absolute Gasteiger partial charge is 0.0143 e. The van der Waals surface area contributed by atoms with E-state index in [0.717, 1.165) is 31.1 Å². The van der Waals surface area contributed by atoms with Gasteiger partial charge in [0.1, 0.15) is 0 Å². The van der Waals surface area contributed by atoms with Crippen LogP contribution in [0.25, 0.3) is 0 Å². The van der Waals surface area contributed by atoms with Gasteiger partial charge in [-0.05, 0) is 24.8 Å². The Bertz CT molecular complexity index is 357. The molecule has 2 aliphatic carbocycles.